The number of nitrogens with two attached hydrogens (primary N) is 1. The van der Waals surface area contributed by atoms with Gasteiger partial charge in [-0.1, -0.05) is 24.3 Å². The van der Waals surface area contributed by atoms with Crippen LogP contribution in [0.1, 0.15) is 41.4 Å². The maximum Gasteiger partial charge on any atom is 0.335 e. The first-order chi connectivity index (χ1) is 30.7. The Morgan fingerprint density at radius 3 is 1.15 bits per heavy atom. The highest BCUT2D eigenvalue weighted by molar-refractivity contribution is 7.99. The predicted octanol–water partition coefficient (Wildman–Crippen LogP) is 3.68. The van der Waals surface area contributed by atoms with Crippen LogP contribution in [-0.4, -0.2) is 149 Å². The molecule has 3 amide bonds. The first-order valence-electron chi connectivity index (χ1n) is 19.3. The number of benzene rings is 4. The van der Waals surface area contributed by atoms with E-state index in [1.807, 2.05) is 11.8 Å². The number of carboxylic acids is 1. The SMILES string of the molecule is Nc1cccc(C(=O)N2CCS(=O)(=O)CC2)c1.O=C(O)c1cccc([N+](=O)[O-])c1.O=C(c1cccc([N+](=O)[O-])c1)N1CCS(=O)(=O)CC1.O=C(c1cccc([N+](=O)[O-])c1)N1CCSCC1. The summed E-state index contributed by atoms with van der Waals surface area (Å²) in [5, 5.41) is 39.9. The molecule has 0 unspecified atom stereocenters. The van der Waals surface area contributed by atoms with Crippen LogP contribution in [-0.2, 0) is 19.7 Å². The van der Waals surface area contributed by atoms with Crippen molar-refractivity contribution in [2.24, 2.45) is 0 Å². The third kappa shape index (κ3) is 15.6. The van der Waals surface area contributed by atoms with Gasteiger partial charge in [0.1, 0.15) is 0 Å². The van der Waals surface area contributed by atoms with E-state index in [4.69, 9.17) is 10.8 Å². The Kier molecular flexibility index (Phi) is 18.0. The van der Waals surface area contributed by atoms with Gasteiger partial charge in [0, 0.05) is 110 Å². The molecule has 3 heterocycles. The van der Waals surface area contributed by atoms with Crippen LogP contribution in [0.4, 0.5) is 22.7 Å². The number of hydrogen-bond acceptors (Lipinski definition) is 16. The zero-order valence-corrected chi connectivity index (χ0v) is 36.8. The van der Waals surface area contributed by atoms with Gasteiger partial charge in [0.15, 0.2) is 19.7 Å². The Bertz CT molecular complexity index is 2600. The molecule has 3 N–H and O–H groups in total. The van der Waals surface area contributed by atoms with Crippen molar-refractivity contribution in [1.29, 1.82) is 0 Å². The predicted molar refractivity (Wildman–Crippen MR) is 239 cm³/mol. The highest BCUT2D eigenvalue weighted by Gasteiger charge is 2.27. The highest BCUT2D eigenvalue weighted by atomic mass is 32.2. The molecular weight excluding hydrogens is 915 g/mol. The van der Waals surface area contributed by atoms with Gasteiger partial charge in [0.2, 0.25) is 0 Å². The van der Waals surface area contributed by atoms with Crippen molar-refractivity contribution < 1.29 is 55.9 Å². The Hall–Kier alpha value is -6.99. The molecule has 0 aromatic heterocycles. The normalized spacial score (nSPS) is 16.0. The number of anilines is 1. The van der Waals surface area contributed by atoms with Crippen LogP contribution in [0.15, 0.2) is 97.1 Å². The molecule has 25 heteroatoms. The summed E-state index contributed by atoms with van der Waals surface area (Å²) in [5.41, 5.74) is 6.74. The van der Waals surface area contributed by atoms with E-state index >= 15 is 0 Å². The quantitative estimate of drug-likeness (QED) is 0.152. The first-order valence-corrected chi connectivity index (χ1v) is 24.1. The summed E-state index contributed by atoms with van der Waals surface area (Å²) in [6.07, 6.45) is 0. The second-order valence-corrected chi connectivity index (χ2v) is 20.0. The maximum atomic E-state index is 12.1. The fourth-order valence-corrected chi connectivity index (χ4v) is 9.38. The van der Waals surface area contributed by atoms with E-state index in [-0.39, 0.29) is 95.1 Å². The minimum absolute atomic E-state index is 0.0396. The molecule has 0 atom stereocenters. The van der Waals surface area contributed by atoms with E-state index in [1.54, 1.807) is 46.2 Å². The molecule has 0 aliphatic carbocycles. The number of non-ortho nitro benzene ring substituents is 3. The van der Waals surface area contributed by atoms with Gasteiger partial charge in [-0.05, 0) is 36.4 Å². The second-order valence-electron chi connectivity index (χ2n) is 14.1. The molecule has 65 heavy (non-hydrogen) atoms. The molecule has 3 saturated heterocycles. The van der Waals surface area contributed by atoms with Crippen molar-refractivity contribution in [2.75, 3.05) is 79.5 Å². The van der Waals surface area contributed by atoms with Crippen molar-refractivity contribution >= 4 is 77.9 Å². The van der Waals surface area contributed by atoms with Crippen LogP contribution >= 0.6 is 11.8 Å². The number of aromatic carboxylic acids is 1. The van der Waals surface area contributed by atoms with Crippen LogP contribution in [0, 0.1) is 30.3 Å². The molecule has 4 aromatic carbocycles. The van der Waals surface area contributed by atoms with E-state index in [2.05, 4.69) is 0 Å². The number of rotatable bonds is 7. The molecule has 7 rings (SSSR count). The summed E-state index contributed by atoms with van der Waals surface area (Å²) in [6.45, 7) is 2.21. The number of nitro groups is 3. The average molecular weight is 958 g/mol. The van der Waals surface area contributed by atoms with Gasteiger partial charge in [0.25, 0.3) is 34.8 Å². The van der Waals surface area contributed by atoms with Gasteiger partial charge in [-0.3, -0.25) is 44.7 Å². The van der Waals surface area contributed by atoms with E-state index in [1.165, 1.54) is 59.5 Å². The van der Waals surface area contributed by atoms with Crippen molar-refractivity contribution in [2.45, 2.75) is 0 Å². The molecule has 22 nitrogen and oxygen atoms in total. The Balaban J connectivity index is 0.000000192. The molecule has 0 radical (unpaired) electrons. The third-order valence-electron chi connectivity index (χ3n) is 9.61. The number of carbonyl (C=O) groups is 4. The molecule has 3 aliphatic heterocycles. The zero-order valence-electron chi connectivity index (χ0n) is 34.4. The van der Waals surface area contributed by atoms with Crippen molar-refractivity contribution in [3.63, 3.8) is 0 Å². The number of sulfone groups is 2. The lowest BCUT2D eigenvalue weighted by Crippen LogP contribution is -2.43. The average Bonchev–Trinajstić information content (AvgIpc) is 3.29. The topological polar surface area (TPSA) is 322 Å². The van der Waals surface area contributed by atoms with Crippen molar-refractivity contribution in [3.05, 3.63) is 150 Å². The second kappa shape index (κ2) is 23.1. The Morgan fingerprint density at radius 1 is 0.508 bits per heavy atom. The summed E-state index contributed by atoms with van der Waals surface area (Å²) in [7, 11) is -6.01. The minimum atomic E-state index is -3.06. The smallest absolute Gasteiger partial charge is 0.335 e. The Morgan fingerprint density at radius 2 is 0.815 bits per heavy atom. The van der Waals surface area contributed by atoms with E-state index in [9.17, 15) is 66.4 Å². The molecule has 0 spiro atoms. The number of nitro benzene ring substituents is 3. The summed E-state index contributed by atoms with van der Waals surface area (Å²) in [5.74, 6) is 0.00335. The van der Waals surface area contributed by atoms with Gasteiger partial charge >= 0.3 is 5.97 Å². The number of nitrogens with zero attached hydrogens (tertiary/aromatic N) is 6. The number of amides is 3. The van der Waals surface area contributed by atoms with Gasteiger partial charge in [-0.2, -0.15) is 11.8 Å². The van der Waals surface area contributed by atoms with Crippen LogP contribution in [0.25, 0.3) is 0 Å². The lowest BCUT2D eigenvalue weighted by Gasteiger charge is -2.26. The lowest BCUT2D eigenvalue weighted by atomic mass is 10.1. The summed E-state index contributed by atoms with van der Waals surface area (Å²) in [6, 6.07) is 22.9. The van der Waals surface area contributed by atoms with Crippen molar-refractivity contribution in [1.82, 2.24) is 14.7 Å². The fourth-order valence-electron chi connectivity index (χ4n) is 6.07. The standard InChI is InChI=1S/C11H12N2O5S.C11H14N2O3S.C11H12N2O3S.C7H5NO4/c14-11(12-4-6-19(17,18)7-5-12)9-2-1-3-10(8-9)13(15)16;12-10-3-1-2-9(8-10)11(14)13-4-6-17(15,16)7-5-13;14-11(12-4-6-17-7-5-12)9-2-1-3-10(8-9)13(15)16;9-7(10)5-2-1-3-6(4-5)8(11)12/h1-3,8H,4-7H2;1-3,8H,4-7,12H2;1-3,8H,4-7H2;1-4H,(H,9,10). The summed E-state index contributed by atoms with van der Waals surface area (Å²) >= 11 is 1.82. The van der Waals surface area contributed by atoms with Gasteiger partial charge in [-0.25, -0.2) is 21.6 Å². The minimum Gasteiger partial charge on any atom is -0.478 e. The van der Waals surface area contributed by atoms with Crippen LogP contribution in [0.2, 0.25) is 0 Å². The number of thioether (sulfide) groups is 1. The number of nitrogen functional groups attached to an aromatic ring is 1. The van der Waals surface area contributed by atoms with E-state index in [0.29, 0.717) is 29.9 Å². The van der Waals surface area contributed by atoms with Crippen LogP contribution < -0.4 is 5.73 Å². The highest BCUT2D eigenvalue weighted by Crippen LogP contribution is 2.19. The lowest BCUT2D eigenvalue weighted by molar-refractivity contribution is -0.385. The van der Waals surface area contributed by atoms with Crippen molar-refractivity contribution in [3.8, 4) is 0 Å². The van der Waals surface area contributed by atoms with Gasteiger partial charge in [0.05, 0.1) is 43.3 Å². The molecule has 3 fully saturated rings. The number of carbonyl (C=O) groups excluding carboxylic acids is 3. The van der Waals surface area contributed by atoms with Gasteiger partial charge in [-0.15, -0.1) is 0 Å². The first kappa shape index (κ1) is 50.7. The number of carboxylic acid groups (broad SMARTS) is 1. The molecular formula is C40H43N7O15S3. The van der Waals surface area contributed by atoms with Crippen LogP contribution in [0.5, 0.6) is 0 Å². The maximum absolute atomic E-state index is 12.1. The Labute approximate surface area is 376 Å². The summed E-state index contributed by atoms with van der Waals surface area (Å²) in [4.78, 5) is 81.0. The van der Waals surface area contributed by atoms with E-state index < -0.39 is 40.4 Å². The molecule has 0 saturated carbocycles. The molecule has 3 aliphatic rings. The fraction of sp³-hybridized carbons (Fsp3) is 0.300. The monoisotopic (exact) mass is 957 g/mol. The number of hydrogen-bond donors (Lipinski definition) is 2. The molecule has 346 valence electrons. The zero-order chi connectivity index (χ0) is 47.9. The molecule has 4 aromatic rings. The van der Waals surface area contributed by atoms with Crippen LogP contribution in [0.3, 0.4) is 0 Å². The largest absolute Gasteiger partial charge is 0.478 e. The molecule has 0 bridgehead atoms. The third-order valence-corrected chi connectivity index (χ3v) is 13.8. The van der Waals surface area contributed by atoms with Gasteiger partial charge < -0.3 is 25.5 Å². The summed E-state index contributed by atoms with van der Waals surface area (Å²) < 4.78 is 45.0. The van der Waals surface area contributed by atoms with E-state index in [0.717, 1.165) is 17.6 Å².